The first-order chi connectivity index (χ1) is 6.10. The Morgan fingerprint density at radius 3 is 2.07 bits per heavy atom. The van der Waals surface area contributed by atoms with Gasteiger partial charge in [-0.15, -0.1) is 0 Å². The molecule has 0 amide bonds. The van der Waals surface area contributed by atoms with Crippen LogP contribution in [-0.2, 0) is 0 Å². The van der Waals surface area contributed by atoms with Gasteiger partial charge in [-0.3, -0.25) is 4.99 Å². The number of allylic oxidation sites excluding steroid dienone is 2. The van der Waals surface area contributed by atoms with Gasteiger partial charge in [0, 0.05) is 14.3 Å². The lowest BCUT2D eigenvalue weighted by Gasteiger charge is -2.15. The molecule has 0 atom stereocenters. The van der Waals surface area contributed by atoms with Crippen LogP contribution in [0.2, 0.25) is 25.7 Å². The first kappa shape index (κ1) is 13.6. The van der Waals surface area contributed by atoms with Crippen LogP contribution >= 0.6 is 0 Å². The molecule has 0 saturated carbocycles. The van der Waals surface area contributed by atoms with E-state index >= 15 is 0 Å². The molecule has 1 nitrogen and oxygen atoms in total. The Morgan fingerprint density at radius 2 is 1.71 bits per heavy atom. The third-order valence-electron chi connectivity index (χ3n) is 1.63. The molecule has 0 heterocycles. The largest absolute Gasteiger partial charge is 0.287 e. The van der Waals surface area contributed by atoms with E-state index in [4.69, 9.17) is 0 Å². The first-order valence-electron chi connectivity index (χ1n) is 5.31. The van der Waals surface area contributed by atoms with Crippen molar-refractivity contribution in [3.8, 4) is 0 Å². The molecule has 0 radical (unpaired) electrons. The van der Waals surface area contributed by atoms with E-state index in [0.29, 0.717) is 0 Å². The van der Waals surface area contributed by atoms with Crippen LogP contribution in [0.15, 0.2) is 16.6 Å². The van der Waals surface area contributed by atoms with Crippen LogP contribution in [-0.4, -0.2) is 19.8 Å². The summed E-state index contributed by atoms with van der Waals surface area (Å²) in [5, 5.41) is 0. The summed E-state index contributed by atoms with van der Waals surface area (Å²) in [6, 6.07) is 1.27. The number of aliphatic imine (C=N–C) groups is 1. The maximum atomic E-state index is 4.44. The Labute approximate surface area is 90.3 Å². The van der Waals surface area contributed by atoms with E-state index in [1.54, 1.807) is 0 Å². The summed E-state index contributed by atoms with van der Waals surface area (Å²) in [5.41, 5.74) is 1.51. The molecule has 0 aromatic rings. The molecule has 0 bridgehead atoms. The lowest BCUT2D eigenvalue weighted by molar-refractivity contribution is 0.587. The van der Waals surface area contributed by atoms with Crippen LogP contribution in [0.25, 0.3) is 0 Å². The molecule has 14 heavy (non-hydrogen) atoms. The molecule has 0 aliphatic carbocycles. The molecule has 0 N–H and O–H groups in total. The highest BCUT2D eigenvalue weighted by Crippen LogP contribution is 2.15. The van der Waals surface area contributed by atoms with Crippen LogP contribution < -0.4 is 0 Å². The maximum absolute atomic E-state index is 4.44. The summed E-state index contributed by atoms with van der Waals surface area (Å²) >= 11 is 0. The molecule has 0 aromatic heterocycles. The van der Waals surface area contributed by atoms with Gasteiger partial charge in [0.15, 0.2) is 0 Å². The molecule has 0 rings (SSSR count). The molecular weight excluding hydrogens is 186 g/mol. The van der Waals surface area contributed by atoms with E-state index < -0.39 is 8.07 Å². The second kappa shape index (κ2) is 4.92. The van der Waals surface area contributed by atoms with Crippen LogP contribution in [0, 0.1) is 0 Å². The molecule has 0 fully saturated rings. The summed E-state index contributed by atoms with van der Waals surface area (Å²) < 4.78 is 0. The summed E-state index contributed by atoms with van der Waals surface area (Å²) in [5.74, 6) is 0. The molecule has 0 unspecified atom stereocenters. The third-order valence-corrected chi connectivity index (χ3v) is 3.25. The molecule has 0 spiro atoms. The molecule has 82 valence electrons. The normalized spacial score (nSPS) is 15.2. The number of hydrogen-bond donors (Lipinski definition) is 0. The third kappa shape index (κ3) is 9.71. The summed E-state index contributed by atoms with van der Waals surface area (Å²) in [4.78, 5) is 4.44. The van der Waals surface area contributed by atoms with Crippen molar-refractivity contribution >= 4 is 14.3 Å². The lowest BCUT2D eigenvalue weighted by Crippen LogP contribution is -2.19. The van der Waals surface area contributed by atoms with Gasteiger partial charge in [0.25, 0.3) is 0 Å². The molecule has 0 saturated heterocycles. The van der Waals surface area contributed by atoms with Crippen LogP contribution in [0.4, 0.5) is 0 Å². The molecule has 0 aliphatic rings. The molecule has 0 aliphatic heterocycles. The zero-order valence-corrected chi connectivity index (χ0v) is 11.8. The zero-order valence-electron chi connectivity index (χ0n) is 10.8. The topological polar surface area (TPSA) is 12.4 Å². The Bertz CT molecular complexity index is 226. The van der Waals surface area contributed by atoms with E-state index in [2.05, 4.69) is 58.4 Å². The fraction of sp³-hybridized carbons (Fsp3) is 0.750. The van der Waals surface area contributed by atoms with Gasteiger partial charge < -0.3 is 0 Å². The smallest absolute Gasteiger partial charge is 0.0524 e. The highest BCUT2D eigenvalue weighted by atomic mass is 28.3. The van der Waals surface area contributed by atoms with Gasteiger partial charge in [-0.25, -0.2) is 0 Å². The predicted octanol–water partition coefficient (Wildman–Crippen LogP) is 4.14. The van der Waals surface area contributed by atoms with Crippen LogP contribution in [0.1, 0.15) is 27.7 Å². The second-order valence-electron chi connectivity index (χ2n) is 6.20. The van der Waals surface area contributed by atoms with Crippen molar-refractivity contribution in [3.05, 3.63) is 11.6 Å². The summed E-state index contributed by atoms with van der Waals surface area (Å²) in [7, 11) is -0.946. The van der Waals surface area contributed by atoms with Gasteiger partial charge in [-0.1, -0.05) is 25.2 Å². The van der Waals surface area contributed by atoms with Crippen molar-refractivity contribution in [1.29, 1.82) is 0 Å². The van der Waals surface area contributed by atoms with Gasteiger partial charge in [0.2, 0.25) is 0 Å². The van der Waals surface area contributed by atoms with Gasteiger partial charge in [-0.05, 0) is 39.8 Å². The van der Waals surface area contributed by atoms with E-state index in [-0.39, 0.29) is 5.54 Å². The minimum atomic E-state index is -0.946. The van der Waals surface area contributed by atoms with E-state index in [0.717, 1.165) is 0 Å². The monoisotopic (exact) mass is 211 g/mol. The zero-order chi connectivity index (χ0) is 11.4. The Morgan fingerprint density at radius 1 is 1.21 bits per heavy atom. The van der Waals surface area contributed by atoms with Crippen LogP contribution in [0.5, 0.6) is 0 Å². The number of hydrogen-bond acceptors (Lipinski definition) is 1. The van der Waals surface area contributed by atoms with Crippen molar-refractivity contribution in [3.63, 3.8) is 0 Å². The fourth-order valence-corrected chi connectivity index (χ4v) is 3.07. The minimum absolute atomic E-state index is 0.0515. The summed E-state index contributed by atoms with van der Waals surface area (Å²) in [6.45, 7) is 15.7. The second-order valence-corrected chi connectivity index (χ2v) is 11.7. The average molecular weight is 211 g/mol. The van der Waals surface area contributed by atoms with Crippen molar-refractivity contribution in [1.82, 2.24) is 0 Å². The highest BCUT2D eigenvalue weighted by Gasteiger charge is 2.12. The molecule has 2 heteroatoms. The minimum Gasteiger partial charge on any atom is -0.287 e. The Hall–Kier alpha value is -0.373. The number of nitrogens with zero attached hydrogens (tertiary/aromatic N) is 1. The Kier molecular flexibility index (Phi) is 4.79. The van der Waals surface area contributed by atoms with Gasteiger partial charge >= 0.3 is 0 Å². The highest BCUT2D eigenvalue weighted by molar-refractivity contribution is 6.76. The standard InChI is InChI=1S/C12H25NSi/c1-11(10-14(5,6)7)8-9-13-12(2,3)4/h8-9H,10H2,1-7H3/b11-8-,13-9?. The summed E-state index contributed by atoms with van der Waals surface area (Å²) in [6.07, 6.45) is 4.11. The lowest BCUT2D eigenvalue weighted by atomic mass is 10.1. The maximum Gasteiger partial charge on any atom is 0.0524 e. The SMILES string of the molecule is C/C(=C/C=NC(C)(C)C)C[Si](C)(C)C. The number of rotatable bonds is 3. The van der Waals surface area contributed by atoms with Crippen molar-refractivity contribution in [2.24, 2.45) is 4.99 Å². The van der Waals surface area contributed by atoms with E-state index in [1.807, 2.05) is 6.21 Å². The van der Waals surface area contributed by atoms with Crippen LogP contribution in [0.3, 0.4) is 0 Å². The van der Waals surface area contributed by atoms with Gasteiger partial charge in [-0.2, -0.15) is 0 Å². The van der Waals surface area contributed by atoms with Crippen molar-refractivity contribution in [2.45, 2.75) is 58.9 Å². The van der Waals surface area contributed by atoms with Crippen molar-refractivity contribution < 1.29 is 0 Å². The first-order valence-corrected chi connectivity index (χ1v) is 9.02. The predicted molar refractivity (Wildman–Crippen MR) is 70.2 cm³/mol. The average Bonchev–Trinajstić information content (AvgIpc) is 1.78. The quantitative estimate of drug-likeness (QED) is 0.491. The van der Waals surface area contributed by atoms with Gasteiger partial charge in [0.05, 0.1) is 5.54 Å². The molecule has 0 aromatic carbocycles. The van der Waals surface area contributed by atoms with Crippen molar-refractivity contribution in [2.75, 3.05) is 0 Å². The van der Waals surface area contributed by atoms with E-state index in [9.17, 15) is 0 Å². The van der Waals surface area contributed by atoms with Gasteiger partial charge in [0.1, 0.15) is 0 Å². The van der Waals surface area contributed by atoms with E-state index in [1.165, 1.54) is 11.6 Å². The Balaban J connectivity index is 4.21. The molecular formula is C12H25NSi. The fourth-order valence-electron chi connectivity index (χ4n) is 1.28.